The molecule has 0 spiro atoms. The average Bonchev–Trinajstić information content (AvgIpc) is 2.81. The minimum atomic E-state index is -2.34. The van der Waals surface area contributed by atoms with Gasteiger partial charge in [0.1, 0.15) is 17.5 Å². The number of carbonyl (C=O) groups excluding carboxylic acids is 1. The van der Waals surface area contributed by atoms with Crippen LogP contribution in [0.1, 0.15) is 39.7 Å². The lowest BCUT2D eigenvalue weighted by Gasteiger charge is -2.34. The van der Waals surface area contributed by atoms with Crippen LogP contribution in [0.5, 0.6) is 17.2 Å². The zero-order valence-corrected chi connectivity index (χ0v) is 19.1. The number of benzene rings is 2. The van der Waals surface area contributed by atoms with Gasteiger partial charge in [-0.25, -0.2) is 18.0 Å². The van der Waals surface area contributed by atoms with Gasteiger partial charge in [0.05, 0.1) is 14.2 Å². The monoisotopic (exact) mass is 475 g/mol. The van der Waals surface area contributed by atoms with Crippen LogP contribution < -0.4 is 19.5 Å². The van der Waals surface area contributed by atoms with E-state index >= 15 is 0 Å². The number of hydrogen-bond acceptors (Lipinski definition) is 5. The van der Waals surface area contributed by atoms with E-state index in [1.807, 2.05) is 0 Å². The van der Waals surface area contributed by atoms with Crippen molar-refractivity contribution in [2.24, 2.45) is 5.92 Å². The van der Waals surface area contributed by atoms with Crippen LogP contribution in [0.15, 0.2) is 18.2 Å². The molecular weight excluding hydrogens is 449 g/mol. The second-order valence-electron chi connectivity index (χ2n) is 8.05. The van der Waals surface area contributed by atoms with Crippen molar-refractivity contribution in [2.75, 3.05) is 14.2 Å². The first-order chi connectivity index (χ1) is 15.4. The molecule has 2 atom stereocenters. The Morgan fingerprint density at radius 3 is 1.79 bits per heavy atom. The maximum absolute atomic E-state index is 14.0. The molecule has 10 heteroatoms. The van der Waals surface area contributed by atoms with Crippen molar-refractivity contribution in [3.8, 4) is 17.2 Å². The Hall–Kier alpha value is -2.88. The van der Waals surface area contributed by atoms with E-state index in [-0.39, 0.29) is 0 Å². The van der Waals surface area contributed by atoms with E-state index in [2.05, 4.69) is 5.32 Å². The molecule has 0 aromatic heterocycles. The molecule has 0 aliphatic heterocycles. The van der Waals surface area contributed by atoms with E-state index in [0.29, 0.717) is 23.5 Å². The summed E-state index contributed by atoms with van der Waals surface area (Å²) in [5.74, 6) is -13.5. The van der Waals surface area contributed by atoms with Crippen LogP contribution in [0.3, 0.4) is 0 Å². The lowest BCUT2D eigenvalue weighted by atomic mass is 9.89. The summed E-state index contributed by atoms with van der Waals surface area (Å²) >= 11 is 0. The SMILES string of the molecule is CCC(C)C(NC(C)(C)c1cc(OC)cc(OC)c1)C(=O)Oc1c(F)c(F)c(F)c(F)c1F. The molecule has 2 rings (SSSR count). The van der Waals surface area contributed by atoms with E-state index in [4.69, 9.17) is 14.2 Å². The molecule has 182 valence electrons. The van der Waals surface area contributed by atoms with Crippen LogP contribution in [-0.4, -0.2) is 26.2 Å². The Bertz CT molecular complexity index is 977. The van der Waals surface area contributed by atoms with Crippen LogP contribution in [0.2, 0.25) is 0 Å². The second-order valence-corrected chi connectivity index (χ2v) is 8.05. The third-order valence-corrected chi connectivity index (χ3v) is 5.43. The number of carbonyl (C=O) groups is 1. The number of esters is 1. The normalized spacial score (nSPS) is 13.4. The molecule has 0 amide bonds. The van der Waals surface area contributed by atoms with Gasteiger partial charge < -0.3 is 14.2 Å². The summed E-state index contributed by atoms with van der Waals surface area (Å²) in [6, 6.07) is 3.91. The first-order valence-electron chi connectivity index (χ1n) is 10.1. The summed E-state index contributed by atoms with van der Waals surface area (Å²) < 4.78 is 83.7. The van der Waals surface area contributed by atoms with E-state index < -0.39 is 58.3 Å². The van der Waals surface area contributed by atoms with Gasteiger partial charge in [0.15, 0.2) is 0 Å². The minimum Gasteiger partial charge on any atom is -0.497 e. The lowest BCUT2D eigenvalue weighted by molar-refractivity contribution is -0.139. The molecule has 2 unspecified atom stereocenters. The zero-order valence-electron chi connectivity index (χ0n) is 19.1. The topological polar surface area (TPSA) is 56.8 Å². The van der Waals surface area contributed by atoms with Gasteiger partial charge in [-0.3, -0.25) is 5.32 Å². The highest BCUT2D eigenvalue weighted by Gasteiger charge is 2.36. The summed E-state index contributed by atoms with van der Waals surface area (Å²) in [5, 5.41) is 3.07. The average molecular weight is 475 g/mol. The highest BCUT2D eigenvalue weighted by Crippen LogP contribution is 2.32. The minimum absolute atomic E-state index is 0.425. The van der Waals surface area contributed by atoms with E-state index in [1.54, 1.807) is 45.9 Å². The third-order valence-electron chi connectivity index (χ3n) is 5.43. The summed E-state index contributed by atoms with van der Waals surface area (Å²) in [4.78, 5) is 12.9. The first-order valence-corrected chi connectivity index (χ1v) is 10.1. The lowest BCUT2D eigenvalue weighted by Crippen LogP contribution is -2.52. The molecule has 0 bridgehead atoms. The van der Waals surface area contributed by atoms with Crippen molar-refractivity contribution < 1.29 is 41.0 Å². The fraction of sp³-hybridized carbons (Fsp3) is 0.435. The van der Waals surface area contributed by atoms with Crippen molar-refractivity contribution in [2.45, 2.75) is 45.7 Å². The summed E-state index contributed by atoms with van der Waals surface area (Å²) in [5.41, 5.74) is -0.276. The van der Waals surface area contributed by atoms with Crippen LogP contribution in [0.4, 0.5) is 22.0 Å². The molecule has 2 aromatic rings. The van der Waals surface area contributed by atoms with Crippen LogP contribution in [0, 0.1) is 35.0 Å². The summed E-state index contributed by atoms with van der Waals surface area (Å²) in [7, 11) is 2.95. The molecule has 5 nitrogen and oxygen atoms in total. The maximum Gasteiger partial charge on any atom is 0.329 e. The van der Waals surface area contributed by atoms with Gasteiger partial charge in [0.2, 0.25) is 34.8 Å². The van der Waals surface area contributed by atoms with Gasteiger partial charge in [-0.2, -0.15) is 8.78 Å². The summed E-state index contributed by atoms with van der Waals surface area (Å²) in [6.07, 6.45) is 0.446. The molecule has 0 aliphatic rings. The molecule has 2 aromatic carbocycles. The van der Waals surface area contributed by atoms with E-state index in [1.165, 1.54) is 14.2 Å². The van der Waals surface area contributed by atoms with Crippen molar-refractivity contribution in [1.29, 1.82) is 0 Å². The highest BCUT2D eigenvalue weighted by atomic mass is 19.2. The van der Waals surface area contributed by atoms with Gasteiger partial charge in [0.25, 0.3) is 0 Å². The second kappa shape index (κ2) is 10.4. The largest absolute Gasteiger partial charge is 0.497 e. The van der Waals surface area contributed by atoms with Gasteiger partial charge in [-0.15, -0.1) is 0 Å². The standard InChI is InChI=1S/C23H26F5NO4/c1-7-11(2)20(22(30)33-21-18(27)16(25)15(24)17(26)19(21)28)29-23(3,4)12-8-13(31-5)10-14(9-12)32-6/h8-11,20,29H,7H2,1-6H3. The molecule has 33 heavy (non-hydrogen) atoms. The van der Waals surface area contributed by atoms with Crippen molar-refractivity contribution in [3.05, 3.63) is 52.8 Å². The fourth-order valence-corrected chi connectivity index (χ4v) is 3.15. The number of rotatable bonds is 9. The molecule has 0 radical (unpaired) electrons. The van der Waals surface area contributed by atoms with Crippen LogP contribution >= 0.6 is 0 Å². The number of hydrogen-bond donors (Lipinski definition) is 1. The number of ether oxygens (including phenoxy) is 3. The van der Waals surface area contributed by atoms with E-state index in [0.717, 1.165) is 0 Å². The Morgan fingerprint density at radius 2 is 1.36 bits per heavy atom. The molecule has 0 saturated carbocycles. The van der Waals surface area contributed by atoms with E-state index in [9.17, 15) is 26.7 Å². The zero-order chi connectivity index (χ0) is 25.1. The molecule has 1 N–H and O–H groups in total. The molecule has 0 saturated heterocycles. The Morgan fingerprint density at radius 1 is 0.909 bits per heavy atom. The third kappa shape index (κ3) is 5.55. The van der Waals surface area contributed by atoms with Crippen LogP contribution in [0.25, 0.3) is 0 Å². The van der Waals surface area contributed by atoms with Gasteiger partial charge in [-0.05, 0) is 37.5 Å². The fourth-order valence-electron chi connectivity index (χ4n) is 3.15. The predicted octanol–water partition coefficient (Wildman–Crippen LogP) is 5.24. The molecule has 0 heterocycles. The van der Waals surface area contributed by atoms with Gasteiger partial charge >= 0.3 is 5.97 Å². The quantitative estimate of drug-likeness (QED) is 0.177. The predicted molar refractivity (Wildman–Crippen MR) is 111 cm³/mol. The molecular formula is C23H26F5NO4. The maximum atomic E-state index is 14.0. The number of methoxy groups -OCH3 is 2. The smallest absolute Gasteiger partial charge is 0.329 e. The van der Waals surface area contributed by atoms with Gasteiger partial charge in [0, 0.05) is 11.6 Å². The number of nitrogens with one attached hydrogen (secondary N) is 1. The Kier molecular flexibility index (Phi) is 8.29. The number of halogens is 5. The molecule has 0 fully saturated rings. The highest BCUT2D eigenvalue weighted by molar-refractivity contribution is 5.79. The van der Waals surface area contributed by atoms with Crippen molar-refractivity contribution in [3.63, 3.8) is 0 Å². The van der Waals surface area contributed by atoms with Crippen molar-refractivity contribution >= 4 is 5.97 Å². The Labute approximate surface area is 188 Å². The summed E-state index contributed by atoms with van der Waals surface area (Å²) in [6.45, 7) is 6.93. The first kappa shape index (κ1) is 26.4. The Balaban J connectivity index is 2.43. The van der Waals surface area contributed by atoms with Crippen LogP contribution in [-0.2, 0) is 10.3 Å². The van der Waals surface area contributed by atoms with Crippen molar-refractivity contribution in [1.82, 2.24) is 5.32 Å². The van der Waals surface area contributed by atoms with Gasteiger partial charge in [-0.1, -0.05) is 20.3 Å². The molecule has 0 aliphatic carbocycles.